The first kappa shape index (κ1) is 40.0. The van der Waals surface area contributed by atoms with Crippen LogP contribution in [-0.4, -0.2) is 135 Å². The largest absolute Gasteiger partial charge is 0.492 e. The van der Waals surface area contributed by atoms with Gasteiger partial charge in [0.2, 0.25) is 5.79 Å². The van der Waals surface area contributed by atoms with Gasteiger partial charge in [0.25, 0.3) is 0 Å². The Morgan fingerprint density at radius 1 is 1.10 bits per heavy atom. The fourth-order valence-corrected chi connectivity index (χ4v) is 8.29. The van der Waals surface area contributed by atoms with Crippen LogP contribution in [0.4, 0.5) is 4.79 Å². The summed E-state index contributed by atoms with van der Waals surface area (Å²) in [6.45, 7) is 10.6. The van der Waals surface area contributed by atoms with Gasteiger partial charge in [0.05, 0.1) is 45.2 Å². The van der Waals surface area contributed by atoms with Gasteiger partial charge in [-0.1, -0.05) is 30.1 Å². The van der Waals surface area contributed by atoms with Crippen molar-refractivity contribution in [3.05, 3.63) is 48.1 Å². The molecule has 0 bridgehead atoms. The van der Waals surface area contributed by atoms with Gasteiger partial charge < -0.3 is 43.8 Å². The molecule has 52 heavy (non-hydrogen) atoms. The van der Waals surface area contributed by atoms with Crippen molar-refractivity contribution in [3.8, 4) is 11.5 Å². The van der Waals surface area contributed by atoms with Crippen LogP contribution >= 0.6 is 0 Å². The van der Waals surface area contributed by atoms with Gasteiger partial charge in [0.15, 0.2) is 0 Å². The van der Waals surface area contributed by atoms with E-state index in [1.165, 1.54) is 7.11 Å². The molecule has 0 unspecified atom stereocenters. The Morgan fingerprint density at radius 2 is 1.88 bits per heavy atom. The third-order valence-electron chi connectivity index (χ3n) is 10.7. The van der Waals surface area contributed by atoms with Crippen molar-refractivity contribution in [2.75, 3.05) is 86.1 Å². The van der Waals surface area contributed by atoms with E-state index in [1.54, 1.807) is 11.0 Å². The molecular weight excluding hydrogens is 670 g/mol. The molecule has 2 heterocycles. The molecule has 5 rings (SSSR count). The summed E-state index contributed by atoms with van der Waals surface area (Å²) < 4.78 is 31.4. The monoisotopic (exact) mass is 729 g/mol. The second-order valence-corrected chi connectivity index (χ2v) is 13.9. The van der Waals surface area contributed by atoms with Crippen LogP contribution < -0.4 is 9.47 Å². The van der Waals surface area contributed by atoms with Gasteiger partial charge in [-0.2, -0.15) is 0 Å². The lowest BCUT2D eigenvalue weighted by atomic mass is 9.55. The molecule has 13 nitrogen and oxygen atoms in total. The van der Waals surface area contributed by atoms with E-state index < -0.39 is 23.8 Å². The average Bonchev–Trinajstić information content (AvgIpc) is 3.99. The van der Waals surface area contributed by atoms with Crippen LogP contribution in [0.5, 0.6) is 11.5 Å². The lowest BCUT2D eigenvalue weighted by Crippen LogP contribution is -2.70. The number of hydrogen-bond donors (Lipinski definition) is 3. The summed E-state index contributed by atoms with van der Waals surface area (Å²) in [6.07, 6.45) is 8.45. The number of unbranched alkanes of at least 4 members (excludes halogenated alkanes) is 2. The van der Waals surface area contributed by atoms with Crippen molar-refractivity contribution < 1.29 is 48.6 Å². The Balaban J connectivity index is 1.71. The van der Waals surface area contributed by atoms with Crippen molar-refractivity contribution in [3.63, 3.8) is 0 Å². The lowest BCUT2D eigenvalue weighted by molar-refractivity contribution is -0.255. The molecule has 0 radical (unpaired) electrons. The summed E-state index contributed by atoms with van der Waals surface area (Å²) in [7, 11) is 1.35. The highest BCUT2D eigenvalue weighted by Crippen LogP contribution is 2.62. The van der Waals surface area contributed by atoms with Crippen LogP contribution in [0, 0.1) is 17.8 Å². The molecule has 4 aliphatic rings. The third kappa shape index (κ3) is 9.29. The molecule has 1 amide bonds. The number of carbonyl (C=O) groups excluding carboxylic acids is 1. The quantitative estimate of drug-likeness (QED) is 0.0646. The van der Waals surface area contributed by atoms with E-state index >= 15 is 0 Å². The van der Waals surface area contributed by atoms with Crippen molar-refractivity contribution >= 4 is 11.8 Å². The first-order valence-electron chi connectivity index (χ1n) is 19.0. The normalized spacial score (nSPS) is 26.8. The van der Waals surface area contributed by atoms with E-state index in [1.807, 2.05) is 19.1 Å². The van der Waals surface area contributed by atoms with Crippen molar-refractivity contribution in [2.45, 2.75) is 69.6 Å². The molecule has 1 saturated carbocycles. The molecule has 1 saturated heterocycles. The molecule has 290 valence electrons. The second kappa shape index (κ2) is 19.8. The molecular formula is C39H59N3O10. The van der Waals surface area contributed by atoms with E-state index in [9.17, 15) is 20.1 Å². The van der Waals surface area contributed by atoms with E-state index in [-0.39, 0.29) is 70.4 Å². The summed E-state index contributed by atoms with van der Waals surface area (Å²) in [6, 6.07) is 5.27. The molecule has 2 aliphatic heterocycles. The number of aliphatic hydroxyl groups excluding tert-OH is 3. The molecule has 13 heteroatoms. The van der Waals surface area contributed by atoms with Gasteiger partial charge in [0, 0.05) is 57.3 Å². The number of nitrogens with zero attached hydrogens (tertiary/aromatic N) is 3. The molecule has 2 fully saturated rings. The fraction of sp³-hybridized carbons (Fsp3) is 0.692. The highest BCUT2D eigenvalue weighted by molar-refractivity contribution is 6.02. The molecule has 6 atom stereocenters. The van der Waals surface area contributed by atoms with Gasteiger partial charge >= 0.3 is 6.09 Å². The Bertz CT molecular complexity index is 1370. The molecule has 0 spiro atoms. The number of fused-ring (bicyclic) bond motifs is 2. The van der Waals surface area contributed by atoms with Gasteiger partial charge in [-0.3, -0.25) is 9.80 Å². The van der Waals surface area contributed by atoms with E-state index in [2.05, 4.69) is 23.6 Å². The zero-order valence-electron chi connectivity index (χ0n) is 31.0. The summed E-state index contributed by atoms with van der Waals surface area (Å²) in [5.74, 6) is -0.315. The summed E-state index contributed by atoms with van der Waals surface area (Å²) >= 11 is 0. The van der Waals surface area contributed by atoms with Crippen LogP contribution in [0.3, 0.4) is 0 Å². The topological polar surface area (TPSA) is 152 Å². The molecule has 3 N–H and O–H groups in total. The Hall–Kier alpha value is -3.20. The second-order valence-electron chi connectivity index (χ2n) is 13.9. The SMILES string of the molecule is C=CCO[C@@]12Oc3ccc(OCCN4CC4)cc3[C@H]3[C@H](CCCCO)[C@@H](CCCCO)C=C(C(=NOCC)C[C@@H]1N(CCOCCO)C(=O)OC)[C@H]32. The Morgan fingerprint density at radius 3 is 2.58 bits per heavy atom. The number of methoxy groups -OCH3 is 1. The van der Waals surface area contributed by atoms with Gasteiger partial charge in [-0.05, 0) is 68.2 Å². The summed E-state index contributed by atoms with van der Waals surface area (Å²) in [5.41, 5.74) is 2.68. The number of aliphatic hydroxyl groups is 3. The lowest BCUT2D eigenvalue weighted by Gasteiger charge is -2.59. The number of benzene rings is 1. The van der Waals surface area contributed by atoms with Gasteiger partial charge in [-0.15, -0.1) is 6.58 Å². The highest BCUT2D eigenvalue weighted by atomic mass is 16.7. The number of amides is 1. The van der Waals surface area contributed by atoms with Crippen LogP contribution in [0.2, 0.25) is 0 Å². The first-order chi connectivity index (χ1) is 25.5. The van der Waals surface area contributed by atoms with E-state index in [4.69, 9.17) is 33.7 Å². The molecule has 2 aliphatic carbocycles. The minimum Gasteiger partial charge on any atom is -0.492 e. The number of ether oxygens (including phenoxy) is 5. The number of hydrogen-bond acceptors (Lipinski definition) is 12. The number of oxime groups is 1. The first-order valence-corrected chi connectivity index (χ1v) is 19.0. The molecule has 1 aromatic carbocycles. The van der Waals surface area contributed by atoms with Gasteiger partial charge in [-0.25, -0.2) is 4.79 Å². The smallest absolute Gasteiger partial charge is 0.410 e. The summed E-state index contributed by atoms with van der Waals surface area (Å²) in [4.78, 5) is 23.4. The summed E-state index contributed by atoms with van der Waals surface area (Å²) in [5, 5.41) is 33.6. The zero-order chi connectivity index (χ0) is 36.9. The maximum Gasteiger partial charge on any atom is 0.410 e. The number of carbonyl (C=O) groups is 1. The molecule has 0 aromatic heterocycles. The van der Waals surface area contributed by atoms with Crippen molar-refractivity contribution in [1.29, 1.82) is 0 Å². The predicted molar refractivity (Wildman–Crippen MR) is 196 cm³/mol. The van der Waals surface area contributed by atoms with Crippen LogP contribution in [0.1, 0.15) is 63.4 Å². The Kier molecular flexibility index (Phi) is 15.2. The van der Waals surface area contributed by atoms with Gasteiger partial charge in [0.1, 0.15) is 30.8 Å². The Labute approximate surface area is 308 Å². The standard InChI is InChI=1S/C39H59N3O10/c1-4-21-50-39-35(42(38(46)47-3)17-22-48-24-20-45)27-33(40-51-5-2)31-25-28(10-6-8-18-43)30(11-7-9-19-44)36(37(31)39)32-26-29(12-13-34(32)52-39)49-23-16-41-14-15-41/h4,12-13,25-26,28,30,35-37,43-45H,1,5-11,14-24,27H2,2-3H3/t28-,30+,35-,36+,37+,39+/m0/s1. The maximum atomic E-state index is 13.7. The fourth-order valence-electron chi connectivity index (χ4n) is 8.29. The average molecular weight is 730 g/mol. The zero-order valence-corrected chi connectivity index (χ0v) is 31.0. The minimum absolute atomic E-state index is 0.104. The van der Waals surface area contributed by atoms with E-state index in [0.717, 1.165) is 62.2 Å². The number of rotatable bonds is 23. The van der Waals surface area contributed by atoms with Crippen molar-refractivity contribution in [2.24, 2.45) is 22.9 Å². The van der Waals surface area contributed by atoms with Crippen LogP contribution in [-0.2, 0) is 19.0 Å². The highest BCUT2D eigenvalue weighted by Gasteiger charge is 2.65. The van der Waals surface area contributed by atoms with Crippen LogP contribution in [0.25, 0.3) is 0 Å². The maximum absolute atomic E-state index is 13.7. The van der Waals surface area contributed by atoms with Crippen molar-refractivity contribution in [1.82, 2.24) is 9.80 Å². The number of allylic oxidation sites excluding steroid dienone is 1. The third-order valence-corrected chi connectivity index (χ3v) is 10.7. The van der Waals surface area contributed by atoms with E-state index in [0.29, 0.717) is 37.5 Å². The molecule has 1 aromatic rings. The van der Waals surface area contributed by atoms with Crippen LogP contribution in [0.15, 0.2) is 47.7 Å². The minimum atomic E-state index is -1.39. The predicted octanol–water partition coefficient (Wildman–Crippen LogP) is 4.11.